The first-order valence-corrected chi connectivity index (χ1v) is 8.92. The molecule has 2 heterocycles. The van der Waals surface area contributed by atoms with Crippen molar-refractivity contribution in [2.24, 2.45) is 7.05 Å². The van der Waals surface area contributed by atoms with Gasteiger partial charge in [0.05, 0.1) is 28.1 Å². The predicted molar refractivity (Wildman–Crippen MR) is 81.1 cm³/mol. The molecular formula is C14H18N4O3S. The Balaban J connectivity index is 2.01. The zero-order valence-electron chi connectivity index (χ0n) is 12.6. The minimum absolute atomic E-state index is 0.144. The fraction of sp³-hybridized carbons (Fsp3) is 0.643. The zero-order chi connectivity index (χ0) is 15.7. The average molecular weight is 322 g/mol. The molecule has 2 aromatic heterocycles. The van der Waals surface area contributed by atoms with E-state index in [0.717, 1.165) is 12.8 Å². The van der Waals surface area contributed by atoms with Crippen molar-refractivity contribution in [1.29, 1.82) is 0 Å². The third kappa shape index (κ3) is 1.70. The zero-order valence-corrected chi connectivity index (χ0v) is 13.4. The van der Waals surface area contributed by atoms with Crippen molar-refractivity contribution in [2.45, 2.75) is 48.4 Å². The molecule has 2 fully saturated rings. The number of fused-ring (bicyclic) bond motifs is 3. The second-order valence-corrected chi connectivity index (χ2v) is 7.89. The van der Waals surface area contributed by atoms with Gasteiger partial charge in [-0.05, 0) is 32.1 Å². The van der Waals surface area contributed by atoms with E-state index in [2.05, 4.69) is 9.97 Å². The smallest absolute Gasteiger partial charge is 0.330 e. The molecular weight excluding hydrogens is 304 g/mol. The van der Waals surface area contributed by atoms with Gasteiger partial charge in [0.2, 0.25) is 5.16 Å². The van der Waals surface area contributed by atoms with Crippen LogP contribution in [-0.4, -0.2) is 40.3 Å². The number of aliphatic hydroxyl groups is 1. The highest BCUT2D eigenvalue weighted by atomic mass is 32.2. The lowest BCUT2D eigenvalue weighted by molar-refractivity contribution is 0.0521. The number of hydrogen-bond donors (Lipinski definition) is 1. The van der Waals surface area contributed by atoms with E-state index in [1.54, 1.807) is 17.8 Å². The molecule has 0 saturated heterocycles. The highest BCUT2D eigenvalue weighted by Gasteiger charge is 2.55. The number of aromatic nitrogens is 4. The summed E-state index contributed by atoms with van der Waals surface area (Å²) in [6.45, 7) is 0. The molecule has 2 aromatic rings. The normalized spacial score (nSPS) is 32.0. The lowest BCUT2D eigenvalue weighted by Gasteiger charge is -2.27. The third-order valence-electron chi connectivity index (χ3n) is 5.28. The maximum atomic E-state index is 12.7. The third-order valence-corrected chi connectivity index (χ3v) is 5.99. The molecule has 2 aliphatic rings. The first kappa shape index (κ1) is 14.1. The molecule has 118 valence electrons. The fourth-order valence-corrected chi connectivity index (χ4v) is 4.53. The quantitative estimate of drug-likeness (QED) is 0.802. The standard InChI is InChI=1S/C14H18N4O3S/c1-17-9-7-15-11(22(2)21)16-10(9)18(12(17)19)13-3-5-14(20,8-13)6-4-13/h7,20H,3-6,8H2,1-2H3. The van der Waals surface area contributed by atoms with Crippen molar-refractivity contribution >= 4 is 22.0 Å². The van der Waals surface area contributed by atoms with Crippen molar-refractivity contribution in [1.82, 2.24) is 19.1 Å². The molecule has 0 amide bonds. The molecule has 4 rings (SSSR count). The Morgan fingerprint density at radius 2 is 2.00 bits per heavy atom. The summed E-state index contributed by atoms with van der Waals surface area (Å²) in [4.78, 5) is 21.2. The number of aryl methyl sites for hydroxylation is 1. The molecule has 2 aliphatic carbocycles. The van der Waals surface area contributed by atoms with Crippen LogP contribution in [0.5, 0.6) is 0 Å². The number of imidazole rings is 1. The Morgan fingerprint density at radius 3 is 2.55 bits per heavy atom. The van der Waals surface area contributed by atoms with Crippen LogP contribution < -0.4 is 5.69 Å². The monoisotopic (exact) mass is 322 g/mol. The van der Waals surface area contributed by atoms with Crippen LogP contribution in [0.2, 0.25) is 0 Å². The summed E-state index contributed by atoms with van der Waals surface area (Å²) in [5.74, 6) is 0. The van der Waals surface area contributed by atoms with Crippen molar-refractivity contribution in [3.8, 4) is 0 Å². The summed E-state index contributed by atoms with van der Waals surface area (Å²) in [6.07, 6.45) is 6.65. The largest absolute Gasteiger partial charge is 0.390 e. The Hall–Kier alpha value is -1.54. The van der Waals surface area contributed by atoms with Crippen LogP contribution in [0.1, 0.15) is 32.1 Å². The van der Waals surface area contributed by atoms with Gasteiger partial charge in [-0.25, -0.2) is 14.8 Å². The van der Waals surface area contributed by atoms with Crippen LogP contribution >= 0.6 is 0 Å². The molecule has 8 heteroatoms. The van der Waals surface area contributed by atoms with E-state index in [-0.39, 0.29) is 16.4 Å². The molecule has 1 unspecified atom stereocenters. The van der Waals surface area contributed by atoms with Gasteiger partial charge in [0.15, 0.2) is 5.65 Å². The van der Waals surface area contributed by atoms with E-state index in [0.29, 0.717) is 30.4 Å². The molecule has 1 atom stereocenters. The van der Waals surface area contributed by atoms with Crippen LogP contribution in [0, 0.1) is 0 Å². The summed E-state index contributed by atoms with van der Waals surface area (Å²) >= 11 is 0. The molecule has 0 aromatic carbocycles. The molecule has 0 radical (unpaired) electrons. The van der Waals surface area contributed by atoms with Crippen LogP contribution in [0.25, 0.3) is 11.2 Å². The molecule has 1 N–H and O–H groups in total. The van der Waals surface area contributed by atoms with E-state index in [4.69, 9.17) is 0 Å². The SMILES string of the molecule is Cn1c(=O)n(C23CCC(O)(CC2)C3)c2nc(S(C)=O)ncc21. The predicted octanol–water partition coefficient (Wildman–Crippen LogP) is 0.271. The van der Waals surface area contributed by atoms with Crippen molar-refractivity contribution < 1.29 is 9.32 Å². The van der Waals surface area contributed by atoms with Gasteiger partial charge in [-0.1, -0.05) is 0 Å². The first-order valence-electron chi connectivity index (χ1n) is 7.36. The Morgan fingerprint density at radius 1 is 1.32 bits per heavy atom. The highest BCUT2D eigenvalue weighted by Crippen LogP contribution is 2.54. The molecule has 22 heavy (non-hydrogen) atoms. The van der Waals surface area contributed by atoms with Crippen LogP contribution in [-0.2, 0) is 23.4 Å². The average Bonchev–Trinajstić information content (AvgIpc) is 3.07. The minimum Gasteiger partial charge on any atom is -0.390 e. The summed E-state index contributed by atoms with van der Waals surface area (Å²) in [7, 11) is 0.393. The van der Waals surface area contributed by atoms with Gasteiger partial charge in [-0.15, -0.1) is 0 Å². The maximum Gasteiger partial charge on any atom is 0.330 e. The fourth-order valence-electron chi connectivity index (χ4n) is 4.11. The van der Waals surface area contributed by atoms with Crippen LogP contribution in [0.3, 0.4) is 0 Å². The van der Waals surface area contributed by atoms with Gasteiger partial charge in [0, 0.05) is 13.3 Å². The van der Waals surface area contributed by atoms with Gasteiger partial charge in [0.1, 0.15) is 5.52 Å². The van der Waals surface area contributed by atoms with Gasteiger partial charge < -0.3 is 5.11 Å². The van der Waals surface area contributed by atoms with E-state index in [9.17, 15) is 14.1 Å². The molecule has 2 bridgehead atoms. The highest BCUT2D eigenvalue weighted by molar-refractivity contribution is 7.84. The van der Waals surface area contributed by atoms with E-state index in [1.165, 1.54) is 10.8 Å². The number of nitrogens with zero attached hydrogens (tertiary/aromatic N) is 4. The Kier molecular flexibility index (Phi) is 2.73. The molecule has 7 nitrogen and oxygen atoms in total. The van der Waals surface area contributed by atoms with Gasteiger partial charge in [0.25, 0.3) is 0 Å². The minimum atomic E-state index is -1.30. The summed E-state index contributed by atoms with van der Waals surface area (Å²) < 4.78 is 14.9. The second kappa shape index (κ2) is 4.26. The Bertz CT molecular complexity index is 861. The van der Waals surface area contributed by atoms with E-state index >= 15 is 0 Å². The van der Waals surface area contributed by atoms with Crippen molar-refractivity contribution in [3.63, 3.8) is 0 Å². The topological polar surface area (TPSA) is 90.0 Å². The summed E-state index contributed by atoms with van der Waals surface area (Å²) in [6, 6.07) is 0. The first-order chi connectivity index (χ1) is 10.4. The van der Waals surface area contributed by atoms with Gasteiger partial charge >= 0.3 is 5.69 Å². The second-order valence-electron chi connectivity index (χ2n) is 6.62. The van der Waals surface area contributed by atoms with Crippen LogP contribution in [0.4, 0.5) is 0 Å². The number of hydrogen-bond acceptors (Lipinski definition) is 5. The van der Waals surface area contributed by atoms with Gasteiger partial charge in [-0.3, -0.25) is 13.3 Å². The number of rotatable bonds is 2. The summed E-state index contributed by atoms with van der Waals surface area (Å²) in [5, 5.41) is 10.7. The Labute approximate surface area is 129 Å². The van der Waals surface area contributed by atoms with Crippen molar-refractivity contribution in [2.75, 3.05) is 6.26 Å². The molecule has 0 spiro atoms. The van der Waals surface area contributed by atoms with E-state index in [1.807, 2.05) is 0 Å². The van der Waals surface area contributed by atoms with E-state index < -0.39 is 16.4 Å². The maximum absolute atomic E-state index is 12.7. The lowest BCUT2D eigenvalue weighted by Crippen LogP contribution is -2.38. The molecule has 2 saturated carbocycles. The molecule has 0 aliphatic heterocycles. The van der Waals surface area contributed by atoms with Gasteiger partial charge in [-0.2, -0.15) is 0 Å². The lowest BCUT2D eigenvalue weighted by atomic mass is 9.92. The summed E-state index contributed by atoms with van der Waals surface area (Å²) in [5.41, 5.74) is 0.00120. The van der Waals surface area contributed by atoms with Crippen molar-refractivity contribution in [3.05, 3.63) is 16.7 Å². The van der Waals surface area contributed by atoms with Crippen LogP contribution in [0.15, 0.2) is 16.1 Å².